The minimum Gasteiger partial charge on any atom is -0.497 e. The van der Waals surface area contributed by atoms with E-state index in [1.165, 1.54) is 45.1 Å². The van der Waals surface area contributed by atoms with Crippen molar-refractivity contribution >= 4 is 22.8 Å². The molecule has 44 heavy (non-hydrogen) atoms. The Balaban J connectivity index is 1.29. The fourth-order valence-corrected chi connectivity index (χ4v) is 7.76. The lowest BCUT2D eigenvalue weighted by Crippen LogP contribution is -2.58. The normalized spacial score (nSPS) is 26.1. The summed E-state index contributed by atoms with van der Waals surface area (Å²) in [6, 6.07) is 9.40. The standard InChI is InChI=1S/C33H40N2O9/c1-38-19-7-8-20-21-9-10-35-16-18-13-27(44-32(36)17-11-25(39-2)30(41-4)26(12-17)40-3)31(42-5)28(33(37)43-6)22(18)15-24(35)29(21)34-23(20)14-19/h7-8,11-12,14,18,22,24,27-28,31,34H,9-10,13,15-16H2,1-6H3/t18?,22?,24?,27-,28+,31+/m1/s1. The van der Waals surface area contributed by atoms with E-state index < -0.39 is 24.1 Å². The Kier molecular flexibility index (Phi) is 8.34. The molecule has 1 N–H and O–H groups in total. The van der Waals surface area contributed by atoms with E-state index in [9.17, 15) is 9.59 Å². The molecule has 2 aromatic carbocycles. The molecule has 11 nitrogen and oxygen atoms in total. The van der Waals surface area contributed by atoms with E-state index in [0.29, 0.717) is 23.7 Å². The van der Waals surface area contributed by atoms with Crippen molar-refractivity contribution in [3.63, 3.8) is 0 Å². The Labute approximate surface area is 256 Å². The van der Waals surface area contributed by atoms with Crippen LogP contribution in [0.2, 0.25) is 0 Å². The molecule has 6 rings (SSSR count). The number of piperidine rings is 1. The molecule has 2 aliphatic heterocycles. The Hall–Kier alpha value is -3.96. The van der Waals surface area contributed by atoms with Gasteiger partial charge in [-0.3, -0.25) is 9.69 Å². The second-order valence-corrected chi connectivity index (χ2v) is 11.7. The predicted molar refractivity (Wildman–Crippen MR) is 161 cm³/mol. The van der Waals surface area contributed by atoms with Crippen molar-refractivity contribution in [3.05, 3.63) is 47.2 Å². The number of carbonyl (C=O) groups excluding carboxylic acids is 2. The first-order chi connectivity index (χ1) is 21.3. The van der Waals surface area contributed by atoms with Gasteiger partial charge in [0.25, 0.3) is 0 Å². The van der Waals surface area contributed by atoms with Gasteiger partial charge < -0.3 is 38.1 Å². The number of H-pyrrole nitrogens is 1. The second kappa shape index (κ2) is 12.2. The first-order valence-corrected chi connectivity index (χ1v) is 14.9. The number of ether oxygens (including phenoxy) is 7. The number of esters is 2. The van der Waals surface area contributed by atoms with Gasteiger partial charge in [0.15, 0.2) is 11.5 Å². The van der Waals surface area contributed by atoms with Crippen molar-refractivity contribution < 1.29 is 42.7 Å². The fraction of sp³-hybridized carbons (Fsp3) is 0.515. The Morgan fingerprint density at radius 1 is 0.909 bits per heavy atom. The monoisotopic (exact) mass is 608 g/mol. The van der Waals surface area contributed by atoms with E-state index in [1.54, 1.807) is 26.4 Å². The summed E-state index contributed by atoms with van der Waals surface area (Å²) in [7, 11) is 9.10. The van der Waals surface area contributed by atoms with E-state index >= 15 is 0 Å². The fourth-order valence-electron chi connectivity index (χ4n) is 7.76. The van der Waals surface area contributed by atoms with Crippen molar-refractivity contribution in [2.45, 2.75) is 37.5 Å². The highest BCUT2D eigenvalue weighted by molar-refractivity contribution is 5.91. The van der Waals surface area contributed by atoms with Crippen LogP contribution in [0.25, 0.3) is 10.9 Å². The lowest BCUT2D eigenvalue weighted by atomic mass is 9.63. The Morgan fingerprint density at radius 3 is 2.30 bits per heavy atom. The maximum atomic E-state index is 13.5. The third kappa shape index (κ3) is 5.01. The van der Waals surface area contributed by atoms with Crippen LogP contribution in [0.15, 0.2) is 30.3 Å². The van der Waals surface area contributed by atoms with Crippen LogP contribution in [-0.4, -0.2) is 89.8 Å². The topological polar surface area (TPSA) is 118 Å². The summed E-state index contributed by atoms with van der Waals surface area (Å²) in [5, 5.41) is 1.21. The lowest BCUT2D eigenvalue weighted by Gasteiger charge is -2.52. The molecule has 0 amide bonds. The Bertz CT molecular complexity index is 1530. The molecule has 0 bridgehead atoms. The molecule has 2 fully saturated rings. The summed E-state index contributed by atoms with van der Waals surface area (Å²) in [6.45, 7) is 1.68. The van der Waals surface area contributed by atoms with Crippen molar-refractivity contribution in [3.8, 4) is 23.0 Å². The number of aromatic amines is 1. The van der Waals surface area contributed by atoms with Gasteiger partial charge in [-0.05, 0) is 60.9 Å². The summed E-state index contributed by atoms with van der Waals surface area (Å²) in [4.78, 5) is 33.1. The van der Waals surface area contributed by atoms with Gasteiger partial charge in [0.05, 0.1) is 53.1 Å². The molecule has 3 aromatic rings. The number of fused-ring (bicyclic) bond motifs is 6. The van der Waals surface area contributed by atoms with Gasteiger partial charge in [0.1, 0.15) is 18.0 Å². The molecule has 0 radical (unpaired) electrons. The number of nitrogens with one attached hydrogen (secondary N) is 1. The highest BCUT2D eigenvalue weighted by Crippen LogP contribution is 2.51. The number of rotatable bonds is 8. The van der Waals surface area contributed by atoms with Crippen LogP contribution in [-0.2, 0) is 25.4 Å². The van der Waals surface area contributed by atoms with Crippen LogP contribution >= 0.6 is 0 Å². The minimum absolute atomic E-state index is 0.0170. The van der Waals surface area contributed by atoms with Crippen molar-refractivity contribution in [2.75, 3.05) is 55.7 Å². The van der Waals surface area contributed by atoms with Gasteiger partial charge in [0.2, 0.25) is 5.75 Å². The zero-order valence-corrected chi connectivity index (χ0v) is 26.0. The number of carbonyl (C=O) groups is 2. The largest absolute Gasteiger partial charge is 0.497 e. The average Bonchev–Trinajstić information content (AvgIpc) is 3.43. The van der Waals surface area contributed by atoms with Gasteiger partial charge in [-0.25, -0.2) is 4.79 Å². The predicted octanol–water partition coefficient (Wildman–Crippen LogP) is 4.17. The van der Waals surface area contributed by atoms with Crippen LogP contribution in [0.1, 0.15) is 40.5 Å². The van der Waals surface area contributed by atoms with Crippen LogP contribution in [0.3, 0.4) is 0 Å². The van der Waals surface area contributed by atoms with E-state index in [-0.39, 0.29) is 29.4 Å². The molecule has 1 aliphatic carbocycles. The maximum absolute atomic E-state index is 13.5. The molecule has 0 spiro atoms. The van der Waals surface area contributed by atoms with Crippen LogP contribution in [0.5, 0.6) is 23.0 Å². The molecule has 1 saturated carbocycles. The first-order valence-electron chi connectivity index (χ1n) is 14.9. The number of aromatic nitrogens is 1. The summed E-state index contributed by atoms with van der Waals surface area (Å²) in [6.07, 6.45) is 0.920. The number of benzene rings is 2. The van der Waals surface area contributed by atoms with Crippen LogP contribution < -0.4 is 18.9 Å². The molecule has 6 atom stereocenters. The first kappa shape index (κ1) is 30.1. The smallest absolute Gasteiger partial charge is 0.338 e. The third-order valence-corrected chi connectivity index (χ3v) is 9.76. The van der Waals surface area contributed by atoms with Crippen LogP contribution in [0, 0.1) is 17.8 Å². The highest BCUT2D eigenvalue weighted by atomic mass is 16.6. The van der Waals surface area contributed by atoms with E-state index in [2.05, 4.69) is 16.0 Å². The van der Waals surface area contributed by atoms with E-state index in [0.717, 1.165) is 37.2 Å². The zero-order valence-electron chi connectivity index (χ0n) is 26.0. The number of hydrogen-bond acceptors (Lipinski definition) is 10. The molecule has 3 heterocycles. The van der Waals surface area contributed by atoms with E-state index in [4.69, 9.17) is 33.2 Å². The minimum atomic E-state index is -0.670. The van der Waals surface area contributed by atoms with Crippen LogP contribution in [0.4, 0.5) is 0 Å². The van der Waals surface area contributed by atoms with Gasteiger partial charge in [-0.1, -0.05) is 0 Å². The number of nitrogens with zero attached hydrogens (tertiary/aromatic N) is 1. The second-order valence-electron chi connectivity index (χ2n) is 11.7. The van der Waals surface area contributed by atoms with Gasteiger partial charge >= 0.3 is 11.9 Å². The van der Waals surface area contributed by atoms with Crippen molar-refractivity contribution in [2.24, 2.45) is 17.8 Å². The molecule has 11 heteroatoms. The molecule has 1 saturated heterocycles. The lowest BCUT2D eigenvalue weighted by molar-refractivity contribution is -0.176. The SMILES string of the molecule is COC(=O)[C@H]1C2CC3c4[nH]c5cc(OC)ccc5c4CCN3CC2C[C@@H](OC(=O)c2cc(OC)c(OC)c(OC)c2)[C@@H]1OC. The average molecular weight is 609 g/mol. The molecule has 236 valence electrons. The van der Waals surface area contributed by atoms with Gasteiger partial charge in [-0.15, -0.1) is 0 Å². The van der Waals surface area contributed by atoms with E-state index in [1.807, 2.05) is 12.1 Å². The molecule has 3 unspecified atom stereocenters. The highest BCUT2D eigenvalue weighted by Gasteiger charge is 2.54. The number of methoxy groups -OCH3 is 6. The summed E-state index contributed by atoms with van der Waals surface area (Å²) >= 11 is 0. The third-order valence-electron chi connectivity index (χ3n) is 9.76. The maximum Gasteiger partial charge on any atom is 0.338 e. The molecule has 1 aromatic heterocycles. The zero-order chi connectivity index (χ0) is 31.1. The number of hydrogen-bond donors (Lipinski definition) is 1. The van der Waals surface area contributed by atoms with Gasteiger partial charge in [0, 0.05) is 42.9 Å². The summed E-state index contributed by atoms with van der Waals surface area (Å²) in [5.74, 6) is 0.441. The quantitative estimate of drug-likeness (QED) is 0.374. The van der Waals surface area contributed by atoms with Crippen molar-refractivity contribution in [1.29, 1.82) is 0 Å². The summed E-state index contributed by atoms with van der Waals surface area (Å²) in [5.41, 5.74) is 3.83. The van der Waals surface area contributed by atoms with Gasteiger partial charge in [-0.2, -0.15) is 0 Å². The van der Waals surface area contributed by atoms with Crippen molar-refractivity contribution in [1.82, 2.24) is 9.88 Å². The Morgan fingerprint density at radius 2 is 1.66 bits per heavy atom. The molecular formula is C33H40N2O9. The summed E-state index contributed by atoms with van der Waals surface area (Å²) < 4.78 is 39.1. The molecule has 3 aliphatic rings. The molecular weight excluding hydrogens is 568 g/mol.